The number of hydrogen-bond donors (Lipinski definition) is 1. The normalized spacial score (nSPS) is 14.3. The molecule has 1 aromatic carbocycles. The van der Waals surface area contributed by atoms with Crippen molar-refractivity contribution < 1.29 is 0 Å². The molecule has 0 saturated heterocycles. The van der Waals surface area contributed by atoms with Crippen molar-refractivity contribution in [2.24, 2.45) is 5.73 Å². The minimum atomic E-state index is -0.481. The van der Waals surface area contributed by atoms with Gasteiger partial charge in [0.15, 0.2) is 0 Å². The van der Waals surface area contributed by atoms with Crippen LogP contribution in [-0.2, 0) is 0 Å². The Bertz CT molecular complexity index is 537. The summed E-state index contributed by atoms with van der Waals surface area (Å²) in [4.78, 5) is 4.29. The fraction of sp³-hybridized carbons (Fsp3) is 0.231. The molecule has 16 heavy (non-hydrogen) atoms. The lowest BCUT2D eigenvalue weighted by Crippen LogP contribution is -2.24. The third-order valence-electron chi connectivity index (χ3n) is 2.86. The van der Waals surface area contributed by atoms with Gasteiger partial charge in [0, 0.05) is 17.5 Å². The van der Waals surface area contributed by atoms with Crippen molar-refractivity contribution in [3.63, 3.8) is 0 Å². The molecular formula is C13H13N3. The smallest absolute Gasteiger partial charge is 0.0994 e. The highest BCUT2D eigenvalue weighted by Gasteiger charge is 2.16. The van der Waals surface area contributed by atoms with E-state index in [4.69, 9.17) is 11.0 Å². The summed E-state index contributed by atoms with van der Waals surface area (Å²) in [5, 5.41) is 9.92. The Kier molecular flexibility index (Phi) is 2.84. The summed E-state index contributed by atoms with van der Waals surface area (Å²) in [6.07, 6.45) is 1.76. The molecular weight excluding hydrogens is 198 g/mol. The third kappa shape index (κ3) is 1.75. The Morgan fingerprint density at radius 1 is 1.31 bits per heavy atom. The quantitative estimate of drug-likeness (QED) is 0.828. The fourth-order valence-corrected chi connectivity index (χ4v) is 1.83. The molecule has 1 aromatic heterocycles. The third-order valence-corrected chi connectivity index (χ3v) is 2.86. The molecule has 0 unspecified atom stereocenters. The van der Waals surface area contributed by atoms with Crippen molar-refractivity contribution in [2.75, 3.05) is 0 Å². The number of aromatic nitrogens is 1. The van der Waals surface area contributed by atoms with Crippen LogP contribution in [0.25, 0.3) is 10.9 Å². The van der Waals surface area contributed by atoms with Crippen LogP contribution in [0.2, 0.25) is 0 Å². The lowest BCUT2D eigenvalue weighted by Gasteiger charge is -2.15. The van der Waals surface area contributed by atoms with Crippen molar-refractivity contribution in [2.45, 2.75) is 18.9 Å². The summed E-state index contributed by atoms with van der Waals surface area (Å²) in [5.74, 6) is 0.0119. The van der Waals surface area contributed by atoms with Crippen LogP contribution in [0.1, 0.15) is 18.4 Å². The number of nitrogens with two attached hydrogens (primary N) is 1. The molecule has 0 radical (unpaired) electrons. The number of benzene rings is 1. The average Bonchev–Trinajstić information content (AvgIpc) is 2.36. The summed E-state index contributed by atoms with van der Waals surface area (Å²) in [5.41, 5.74) is 7.78. The standard InChI is InChI=1S/C13H13N3/c1-9(12(15)8-14)10-4-2-6-13-11(10)5-3-7-16-13/h2-7,9,12H,15H2,1H3/t9-,12+/m1/s1. The van der Waals surface area contributed by atoms with Crippen molar-refractivity contribution in [1.29, 1.82) is 5.26 Å². The topological polar surface area (TPSA) is 62.7 Å². The van der Waals surface area contributed by atoms with Gasteiger partial charge in [0.1, 0.15) is 0 Å². The van der Waals surface area contributed by atoms with Crippen LogP contribution in [0.4, 0.5) is 0 Å². The lowest BCUT2D eigenvalue weighted by atomic mass is 9.91. The number of nitrogens with zero attached hydrogens (tertiary/aromatic N) is 2. The molecule has 0 saturated carbocycles. The number of pyridine rings is 1. The Morgan fingerprint density at radius 2 is 2.12 bits per heavy atom. The van der Waals surface area contributed by atoms with Gasteiger partial charge in [0.05, 0.1) is 17.6 Å². The van der Waals surface area contributed by atoms with Crippen LogP contribution in [0.15, 0.2) is 36.5 Å². The average molecular weight is 211 g/mol. The maximum absolute atomic E-state index is 8.85. The first-order valence-electron chi connectivity index (χ1n) is 5.23. The predicted octanol–water partition coefficient (Wildman–Crippen LogP) is 2.19. The molecule has 1 heterocycles. The molecule has 2 rings (SSSR count). The number of fused-ring (bicyclic) bond motifs is 1. The second kappa shape index (κ2) is 4.30. The molecule has 80 valence electrons. The zero-order chi connectivity index (χ0) is 11.5. The Morgan fingerprint density at radius 3 is 2.88 bits per heavy atom. The first-order valence-corrected chi connectivity index (χ1v) is 5.23. The Labute approximate surface area is 94.5 Å². The number of nitriles is 1. The van der Waals surface area contributed by atoms with Crippen LogP contribution >= 0.6 is 0 Å². The molecule has 0 spiro atoms. The van der Waals surface area contributed by atoms with E-state index in [1.54, 1.807) is 6.20 Å². The van der Waals surface area contributed by atoms with E-state index < -0.39 is 6.04 Å². The van der Waals surface area contributed by atoms with Gasteiger partial charge in [-0.2, -0.15) is 5.26 Å². The van der Waals surface area contributed by atoms with Gasteiger partial charge < -0.3 is 5.73 Å². The van der Waals surface area contributed by atoms with E-state index in [0.29, 0.717) is 0 Å². The van der Waals surface area contributed by atoms with Gasteiger partial charge in [-0.3, -0.25) is 4.98 Å². The van der Waals surface area contributed by atoms with E-state index >= 15 is 0 Å². The van der Waals surface area contributed by atoms with E-state index in [9.17, 15) is 0 Å². The van der Waals surface area contributed by atoms with E-state index in [1.165, 1.54) is 0 Å². The predicted molar refractivity (Wildman–Crippen MR) is 63.7 cm³/mol. The molecule has 3 heteroatoms. The molecule has 0 fully saturated rings. The van der Waals surface area contributed by atoms with E-state index in [-0.39, 0.29) is 5.92 Å². The van der Waals surface area contributed by atoms with Gasteiger partial charge >= 0.3 is 0 Å². The zero-order valence-electron chi connectivity index (χ0n) is 9.09. The summed E-state index contributed by atoms with van der Waals surface area (Å²) >= 11 is 0. The van der Waals surface area contributed by atoms with Crippen LogP contribution in [0.3, 0.4) is 0 Å². The molecule has 2 aromatic rings. The van der Waals surface area contributed by atoms with Gasteiger partial charge in [-0.15, -0.1) is 0 Å². The number of rotatable bonds is 2. The van der Waals surface area contributed by atoms with E-state index in [2.05, 4.69) is 11.1 Å². The van der Waals surface area contributed by atoms with Crippen molar-refractivity contribution >= 4 is 10.9 Å². The van der Waals surface area contributed by atoms with Crippen molar-refractivity contribution in [3.05, 3.63) is 42.1 Å². The molecule has 2 N–H and O–H groups in total. The van der Waals surface area contributed by atoms with Gasteiger partial charge in [-0.1, -0.05) is 25.1 Å². The van der Waals surface area contributed by atoms with Crippen LogP contribution in [-0.4, -0.2) is 11.0 Å². The van der Waals surface area contributed by atoms with Crippen molar-refractivity contribution in [3.8, 4) is 6.07 Å². The highest BCUT2D eigenvalue weighted by atomic mass is 14.7. The minimum Gasteiger partial charge on any atom is -0.315 e. The first-order chi connectivity index (χ1) is 7.74. The lowest BCUT2D eigenvalue weighted by molar-refractivity contribution is 0.679. The summed E-state index contributed by atoms with van der Waals surface area (Å²) in [6, 6.07) is 11.4. The highest BCUT2D eigenvalue weighted by molar-refractivity contribution is 5.82. The second-order valence-corrected chi connectivity index (χ2v) is 3.86. The molecule has 0 amide bonds. The maximum Gasteiger partial charge on any atom is 0.0994 e. The zero-order valence-corrected chi connectivity index (χ0v) is 9.09. The van der Waals surface area contributed by atoms with Crippen LogP contribution in [0, 0.1) is 11.3 Å². The highest BCUT2D eigenvalue weighted by Crippen LogP contribution is 2.25. The largest absolute Gasteiger partial charge is 0.315 e. The molecule has 3 nitrogen and oxygen atoms in total. The van der Waals surface area contributed by atoms with Crippen molar-refractivity contribution in [1.82, 2.24) is 4.98 Å². The van der Waals surface area contributed by atoms with Crippen LogP contribution < -0.4 is 5.73 Å². The van der Waals surface area contributed by atoms with Gasteiger partial charge in [-0.05, 0) is 17.7 Å². The second-order valence-electron chi connectivity index (χ2n) is 3.86. The summed E-state index contributed by atoms with van der Waals surface area (Å²) in [6.45, 7) is 1.97. The SMILES string of the molecule is C[C@H](c1cccc2ncccc12)[C@@H](N)C#N. The molecule has 0 bridgehead atoms. The van der Waals surface area contributed by atoms with Crippen LogP contribution in [0.5, 0.6) is 0 Å². The van der Waals surface area contributed by atoms with E-state index in [1.807, 2.05) is 37.3 Å². The first kappa shape index (κ1) is 10.6. The summed E-state index contributed by atoms with van der Waals surface area (Å²) in [7, 11) is 0. The van der Waals surface area contributed by atoms with Gasteiger partial charge in [0.2, 0.25) is 0 Å². The molecule has 0 aliphatic rings. The Balaban J connectivity index is 2.57. The summed E-state index contributed by atoms with van der Waals surface area (Å²) < 4.78 is 0. The van der Waals surface area contributed by atoms with E-state index in [0.717, 1.165) is 16.5 Å². The maximum atomic E-state index is 8.85. The molecule has 2 atom stereocenters. The van der Waals surface area contributed by atoms with Gasteiger partial charge in [-0.25, -0.2) is 0 Å². The monoisotopic (exact) mass is 211 g/mol. The molecule has 0 aliphatic carbocycles. The Hall–Kier alpha value is -1.92. The number of hydrogen-bond acceptors (Lipinski definition) is 3. The van der Waals surface area contributed by atoms with Gasteiger partial charge in [0.25, 0.3) is 0 Å². The fourth-order valence-electron chi connectivity index (χ4n) is 1.83. The molecule has 0 aliphatic heterocycles. The minimum absolute atomic E-state index is 0.0119.